The van der Waals surface area contributed by atoms with Gasteiger partial charge in [-0.05, 0) is 183 Å². The molecule has 0 aromatic heterocycles. The van der Waals surface area contributed by atoms with E-state index < -0.39 is 11.5 Å². The first kappa shape index (κ1) is 62.6. The molecule has 18 heteroatoms. The lowest BCUT2D eigenvalue weighted by Crippen LogP contribution is -2.40. The van der Waals surface area contributed by atoms with Crippen LogP contribution in [0.15, 0.2) is 157 Å². The van der Waals surface area contributed by atoms with Crippen LogP contribution in [0.25, 0.3) is 0 Å². The number of hydrazine groups is 1. The Hall–Kier alpha value is -7.43. The summed E-state index contributed by atoms with van der Waals surface area (Å²) in [6.45, 7) is 2.72. The predicted octanol–water partition coefficient (Wildman–Crippen LogP) is 14.6. The molecule has 2 spiro atoms. The average molecular weight is 1200 g/mol. The number of aldehydes is 1. The Balaban J connectivity index is 0.000000154. The number of hydrogen-bond donors (Lipinski definition) is 6. The summed E-state index contributed by atoms with van der Waals surface area (Å²) in [7, 11) is 0. The van der Waals surface area contributed by atoms with Crippen molar-refractivity contribution in [1.82, 2.24) is 16.0 Å². The van der Waals surface area contributed by atoms with Crippen LogP contribution in [0.2, 0.25) is 15.1 Å². The molecule has 0 saturated heterocycles. The molecule has 0 atom stereocenters. The first-order valence-electron chi connectivity index (χ1n) is 28.8. The molecule has 0 radical (unpaired) electrons. The second kappa shape index (κ2) is 31.5. The van der Waals surface area contributed by atoms with Gasteiger partial charge in [-0.15, -0.1) is 0 Å². The van der Waals surface area contributed by atoms with Crippen LogP contribution < -0.4 is 32.5 Å². The number of nitrogens with zero attached hydrogens (tertiary/aromatic N) is 1. The minimum Gasteiger partial charge on any atom is -0.445 e. The maximum absolute atomic E-state index is 12.7. The fourth-order valence-electron chi connectivity index (χ4n) is 11.4. The van der Waals surface area contributed by atoms with Gasteiger partial charge in [0.1, 0.15) is 26.1 Å². The highest BCUT2D eigenvalue weighted by molar-refractivity contribution is 6.31. The van der Waals surface area contributed by atoms with Crippen molar-refractivity contribution in [3.8, 4) is 0 Å². The van der Waals surface area contributed by atoms with Gasteiger partial charge < -0.3 is 45.7 Å². The number of ether oxygens (including phenoxy) is 3. The van der Waals surface area contributed by atoms with Crippen molar-refractivity contribution in [2.75, 3.05) is 30.4 Å². The van der Waals surface area contributed by atoms with Gasteiger partial charge in [0.2, 0.25) is 5.91 Å². The Kier molecular flexibility index (Phi) is 23.5. The maximum atomic E-state index is 12.7. The third-order valence-electron chi connectivity index (χ3n) is 16.4. The summed E-state index contributed by atoms with van der Waals surface area (Å²) in [5, 5.41) is 13.7. The summed E-state index contributed by atoms with van der Waals surface area (Å²) in [6, 6.07) is 47.6. The minimum atomic E-state index is -0.482. The Morgan fingerprint density at radius 2 is 0.976 bits per heavy atom. The smallest absolute Gasteiger partial charge is 0.407 e. The summed E-state index contributed by atoms with van der Waals surface area (Å²) < 4.78 is 15.7. The molecule has 6 aromatic carbocycles. The molecule has 3 saturated carbocycles. The van der Waals surface area contributed by atoms with E-state index in [4.69, 9.17) is 54.9 Å². The first-order valence-corrected chi connectivity index (χ1v) is 29.9. The van der Waals surface area contributed by atoms with E-state index in [1.807, 2.05) is 127 Å². The molecule has 84 heavy (non-hydrogen) atoms. The number of nitrogens with one attached hydrogen (secondary N) is 5. The van der Waals surface area contributed by atoms with Gasteiger partial charge in [-0.2, -0.15) is 0 Å². The molecule has 11 rings (SSSR count). The molecule has 3 aliphatic carbocycles. The lowest BCUT2D eigenvalue weighted by atomic mass is 9.67. The van der Waals surface area contributed by atoms with Crippen LogP contribution in [-0.4, -0.2) is 56.3 Å². The zero-order chi connectivity index (χ0) is 59.2. The molecule has 442 valence electrons. The first-order chi connectivity index (χ1) is 40.8. The average Bonchev–Trinajstić information content (AvgIpc) is 2.23. The van der Waals surface area contributed by atoms with E-state index in [0.717, 1.165) is 128 Å². The Morgan fingerprint density at radius 1 is 0.548 bits per heavy atom. The molecular weight excluding hydrogens is 1130 g/mol. The van der Waals surface area contributed by atoms with Crippen LogP contribution in [0.3, 0.4) is 0 Å². The van der Waals surface area contributed by atoms with Crippen LogP contribution in [0.4, 0.5) is 31.4 Å². The Morgan fingerprint density at radius 3 is 1.44 bits per heavy atom. The van der Waals surface area contributed by atoms with Gasteiger partial charge in [0.25, 0.3) is 0 Å². The van der Waals surface area contributed by atoms with Crippen molar-refractivity contribution in [1.29, 1.82) is 0 Å². The summed E-state index contributed by atoms with van der Waals surface area (Å²) in [5.74, 6) is 6.67. The van der Waals surface area contributed by atoms with Gasteiger partial charge in [0.15, 0.2) is 0 Å². The van der Waals surface area contributed by atoms with E-state index in [2.05, 4.69) is 44.0 Å². The SMILES string of the molecule is NNc1ccc(Cl)cc1.O=C(NCC1CCC2(C=Nc3ccc(Cl)cc32)CC1)OCc1ccccc1.O=C(NCC1CCC2(CC1)C(=O)Nc1ccc(Cl)cc12)OCc1ccccc1.O=CC1CCC(CNC(=O)OCc2ccccc2)CC1. The predicted molar refractivity (Wildman–Crippen MR) is 332 cm³/mol. The van der Waals surface area contributed by atoms with E-state index in [1.54, 1.807) is 18.2 Å². The van der Waals surface area contributed by atoms with Gasteiger partial charge in [-0.1, -0.05) is 126 Å². The monoisotopic (exact) mass is 1200 g/mol. The van der Waals surface area contributed by atoms with Crippen LogP contribution in [0.5, 0.6) is 0 Å². The summed E-state index contributed by atoms with van der Waals surface area (Å²) in [6.07, 6.45) is 13.4. The Labute approximate surface area is 507 Å². The van der Waals surface area contributed by atoms with Gasteiger partial charge in [-0.25, -0.2) is 14.4 Å². The number of amides is 4. The summed E-state index contributed by atoms with van der Waals surface area (Å²) >= 11 is 18.0. The molecule has 0 bridgehead atoms. The van der Waals surface area contributed by atoms with E-state index in [0.29, 0.717) is 60.6 Å². The van der Waals surface area contributed by atoms with Crippen LogP contribution >= 0.6 is 34.8 Å². The number of anilines is 2. The normalized spacial score (nSPS) is 21.4. The highest BCUT2D eigenvalue weighted by Gasteiger charge is 2.48. The highest BCUT2D eigenvalue weighted by atomic mass is 35.5. The number of halogens is 3. The molecule has 6 aromatic rings. The fourth-order valence-corrected chi connectivity index (χ4v) is 11.9. The number of nitrogen functional groups attached to an aromatic ring is 1. The number of aliphatic imine (C=N–C) groups is 1. The van der Waals surface area contributed by atoms with E-state index >= 15 is 0 Å². The number of rotatable bonds is 14. The zero-order valence-corrected chi connectivity index (χ0v) is 49.3. The molecule has 3 fully saturated rings. The molecule has 0 unspecified atom stereocenters. The number of fused-ring (bicyclic) bond motifs is 4. The number of nitrogens with two attached hydrogens (primary N) is 1. The maximum Gasteiger partial charge on any atom is 0.407 e. The van der Waals surface area contributed by atoms with Gasteiger partial charge in [0, 0.05) is 63.6 Å². The van der Waals surface area contributed by atoms with Crippen molar-refractivity contribution < 1.29 is 38.2 Å². The van der Waals surface area contributed by atoms with E-state index in [9.17, 15) is 24.0 Å². The number of hydrogen-bond acceptors (Lipinski definition) is 11. The zero-order valence-electron chi connectivity index (χ0n) is 47.1. The molecule has 15 nitrogen and oxygen atoms in total. The standard InChI is InChI=1S/C22H23ClN2O3.C22H23ClN2O2.C16H21NO3.C6H7ClN2/c23-17-6-7-19-18(12-17)22(20(26)25-19)10-8-15(9-11-22)13-24-21(27)28-14-16-4-2-1-3-5-16;23-18-6-7-20-19(12-18)22(15-25-20)10-8-16(9-11-22)13-24-21(26)27-14-17-4-2-1-3-5-17;18-11-14-8-6-13(7-9-14)10-17-16(19)20-12-15-4-2-1-3-5-15;7-5-1-3-6(9-8)4-2-5/h1-7,12,15H,8-11,13-14H2,(H,24,27)(H,25,26);1-7,12,15-16H,8-11,13-14H2,(H,24,26);1-5,11,13-14H,6-10,12H2,(H,17,19);1-4,9H,8H2. The van der Waals surface area contributed by atoms with Crippen molar-refractivity contribution >= 4 is 88.6 Å². The number of carbonyl (C=O) groups is 5. The van der Waals surface area contributed by atoms with Crippen molar-refractivity contribution in [3.05, 3.63) is 195 Å². The molecule has 2 heterocycles. The van der Waals surface area contributed by atoms with E-state index in [1.165, 1.54) is 5.56 Å². The van der Waals surface area contributed by atoms with Crippen molar-refractivity contribution in [2.45, 2.75) is 108 Å². The number of carbonyl (C=O) groups excluding carboxylic acids is 5. The van der Waals surface area contributed by atoms with Crippen LogP contribution in [0, 0.1) is 23.7 Å². The van der Waals surface area contributed by atoms with Crippen LogP contribution in [0.1, 0.15) is 105 Å². The fraction of sp³-hybridized carbons (Fsp3) is 0.364. The number of alkyl carbamates (subject to hydrolysis) is 3. The lowest BCUT2D eigenvalue weighted by Gasteiger charge is -2.36. The minimum absolute atomic E-state index is 0.0184. The van der Waals surface area contributed by atoms with Crippen LogP contribution in [-0.2, 0) is 54.5 Å². The van der Waals surface area contributed by atoms with Gasteiger partial charge >= 0.3 is 18.3 Å². The molecule has 7 N–H and O–H groups in total. The molecule has 4 amide bonds. The van der Waals surface area contributed by atoms with Gasteiger partial charge in [-0.3, -0.25) is 15.6 Å². The largest absolute Gasteiger partial charge is 0.445 e. The van der Waals surface area contributed by atoms with E-state index in [-0.39, 0.29) is 36.0 Å². The highest BCUT2D eigenvalue weighted by Crippen LogP contribution is 2.50. The third-order valence-corrected chi connectivity index (χ3v) is 17.1. The number of benzene rings is 6. The summed E-state index contributed by atoms with van der Waals surface area (Å²) in [4.78, 5) is 63.4. The third kappa shape index (κ3) is 18.3. The second-order valence-electron chi connectivity index (χ2n) is 22.1. The summed E-state index contributed by atoms with van der Waals surface area (Å²) in [5.41, 5.74) is 10.0. The van der Waals surface area contributed by atoms with Crippen molar-refractivity contribution in [3.63, 3.8) is 0 Å². The molecular formula is C66H74Cl3N7O8. The lowest BCUT2D eigenvalue weighted by molar-refractivity contribution is -0.122. The molecule has 5 aliphatic rings. The van der Waals surface area contributed by atoms with Crippen molar-refractivity contribution in [2.24, 2.45) is 34.5 Å². The Bertz CT molecular complexity index is 3120. The quantitative estimate of drug-likeness (QED) is 0.0263. The molecule has 2 aliphatic heterocycles. The second-order valence-corrected chi connectivity index (χ2v) is 23.4. The topological polar surface area (TPSA) is 212 Å². The van der Waals surface area contributed by atoms with Gasteiger partial charge in [0.05, 0.1) is 11.1 Å².